The molecular formula is C23H24IN6OS+. The minimum absolute atomic E-state index is 0.0133. The number of aryl methyl sites for hydroxylation is 2. The summed E-state index contributed by atoms with van der Waals surface area (Å²) in [4.78, 5) is 25.5. The summed E-state index contributed by atoms with van der Waals surface area (Å²) in [5, 5.41) is 0.499. The first kappa shape index (κ1) is 22.5. The highest BCUT2D eigenvalue weighted by Crippen LogP contribution is 2.34. The second-order valence-corrected chi connectivity index (χ2v) is 10.9. The Bertz CT molecular complexity index is 1200. The lowest BCUT2D eigenvalue weighted by molar-refractivity contribution is -0.694. The standard InChI is InChI=1S/C23H24IN6OS/c1-5-20(24-4)31-15-8-13(2)21(14(3)9-15)17-10-16(19-12-28-23(25)32-19)29-22(30-17)18-11-26-6-7-27-18/h6-12,20H,5H2,1-4H3,(H2,25,28)/q+1. The molecule has 4 aromatic rings. The molecule has 1 unspecified atom stereocenters. The lowest BCUT2D eigenvalue weighted by Crippen LogP contribution is -3.64. The predicted molar refractivity (Wildman–Crippen MR) is 124 cm³/mol. The number of nitrogens with zero attached hydrogens (tertiary/aromatic N) is 5. The fourth-order valence-corrected chi connectivity index (χ4v) is 5.54. The minimum atomic E-state index is 0.0133. The molecule has 164 valence electrons. The van der Waals surface area contributed by atoms with Crippen LogP contribution in [0.2, 0.25) is 0 Å². The number of anilines is 1. The highest BCUT2D eigenvalue weighted by molar-refractivity contribution is 7.18. The van der Waals surface area contributed by atoms with Crippen LogP contribution in [0.4, 0.5) is 5.13 Å². The number of halogens is 1. The molecule has 0 fully saturated rings. The Hall–Kier alpha value is -2.66. The summed E-state index contributed by atoms with van der Waals surface area (Å²) >= 11 is 1.41. The number of ether oxygens (including phenoxy) is 1. The normalized spacial score (nSPS) is 12.0. The van der Waals surface area contributed by atoms with Crippen LogP contribution in [0, 0.1) is 13.8 Å². The van der Waals surface area contributed by atoms with Gasteiger partial charge in [-0.2, -0.15) is 0 Å². The molecule has 0 aliphatic carbocycles. The van der Waals surface area contributed by atoms with E-state index in [4.69, 9.17) is 20.4 Å². The van der Waals surface area contributed by atoms with Gasteiger partial charge in [-0.25, -0.2) is 19.9 Å². The van der Waals surface area contributed by atoms with Gasteiger partial charge in [-0.05, 0) is 43.2 Å². The molecule has 7 nitrogen and oxygen atoms in total. The fourth-order valence-electron chi connectivity index (χ4n) is 3.46. The Kier molecular flexibility index (Phi) is 6.95. The van der Waals surface area contributed by atoms with Crippen LogP contribution in [0.1, 0.15) is 24.5 Å². The van der Waals surface area contributed by atoms with Crippen molar-refractivity contribution in [2.24, 2.45) is 0 Å². The van der Waals surface area contributed by atoms with Crippen molar-refractivity contribution in [1.29, 1.82) is 0 Å². The number of benzene rings is 1. The quantitative estimate of drug-likeness (QED) is 0.272. The van der Waals surface area contributed by atoms with E-state index in [1.165, 1.54) is 11.3 Å². The monoisotopic (exact) mass is 559 g/mol. The van der Waals surface area contributed by atoms with Crippen LogP contribution in [-0.4, -0.2) is 34.0 Å². The molecule has 0 saturated heterocycles. The smallest absolute Gasteiger partial charge is 0.313 e. The Morgan fingerprint density at radius 1 is 1.00 bits per heavy atom. The minimum Gasteiger partial charge on any atom is -0.447 e. The predicted octanol–water partition coefficient (Wildman–Crippen LogP) is 1.76. The molecule has 3 aromatic heterocycles. The molecule has 32 heavy (non-hydrogen) atoms. The van der Waals surface area contributed by atoms with Crippen molar-refractivity contribution in [2.75, 3.05) is 10.7 Å². The van der Waals surface area contributed by atoms with Crippen LogP contribution in [0.25, 0.3) is 33.3 Å². The molecule has 0 radical (unpaired) electrons. The van der Waals surface area contributed by atoms with E-state index < -0.39 is 0 Å². The van der Waals surface area contributed by atoms with Gasteiger partial charge >= 0.3 is 21.2 Å². The molecule has 9 heteroatoms. The lowest BCUT2D eigenvalue weighted by atomic mass is 9.98. The molecular weight excluding hydrogens is 535 g/mol. The summed E-state index contributed by atoms with van der Waals surface area (Å²) in [5.41, 5.74) is 11.3. The van der Waals surface area contributed by atoms with E-state index in [1.807, 2.05) is 6.07 Å². The number of alkyl halides is 2. The van der Waals surface area contributed by atoms with Crippen molar-refractivity contribution in [3.8, 4) is 39.1 Å². The highest BCUT2D eigenvalue weighted by Gasteiger charge is 2.20. The van der Waals surface area contributed by atoms with Crippen molar-refractivity contribution >= 4 is 16.5 Å². The first-order valence-corrected chi connectivity index (χ1v) is 14.3. The number of nitrogen functional groups attached to an aromatic ring is 1. The first-order chi connectivity index (χ1) is 15.5. The van der Waals surface area contributed by atoms with Crippen LogP contribution < -0.4 is 31.7 Å². The molecule has 0 saturated carbocycles. The van der Waals surface area contributed by atoms with Gasteiger partial charge in [0.15, 0.2) is 11.0 Å². The summed E-state index contributed by atoms with van der Waals surface area (Å²) in [6.07, 6.45) is 7.70. The molecule has 0 aliphatic rings. The zero-order valence-corrected chi connectivity index (χ0v) is 21.3. The lowest BCUT2D eigenvalue weighted by Gasteiger charge is -2.15. The summed E-state index contributed by atoms with van der Waals surface area (Å²) in [5.74, 6) is 1.43. The van der Waals surface area contributed by atoms with Crippen LogP contribution >= 0.6 is 11.3 Å². The third-order valence-corrected chi connectivity index (χ3v) is 8.26. The summed E-state index contributed by atoms with van der Waals surface area (Å²) in [6, 6.07) is 6.17. The average molecular weight is 559 g/mol. The largest absolute Gasteiger partial charge is 0.447 e. The molecule has 1 atom stereocenters. The van der Waals surface area contributed by atoms with Gasteiger partial charge in [0.2, 0.25) is 0 Å². The maximum absolute atomic E-state index is 6.23. The maximum atomic E-state index is 6.23. The molecule has 0 bridgehead atoms. The van der Waals surface area contributed by atoms with E-state index in [9.17, 15) is 0 Å². The third kappa shape index (κ3) is 4.88. The highest BCUT2D eigenvalue weighted by atomic mass is 127. The topological polar surface area (TPSA) is 99.7 Å². The number of hydrogen-bond acceptors (Lipinski definition) is 8. The number of aromatic nitrogens is 5. The fraction of sp³-hybridized carbons (Fsp3) is 0.261. The van der Waals surface area contributed by atoms with Gasteiger partial charge in [-0.15, -0.1) is 0 Å². The zero-order valence-electron chi connectivity index (χ0n) is 18.3. The number of thiazole rings is 1. The molecule has 3 heterocycles. The SMILES string of the molecule is CCC(Oc1cc(C)c(-c2cc(-c3cnc(N)s3)nc(-c3cnccn3)n2)c(C)c1)[I+]C. The van der Waals surface area contributed by atoms with E-state index in [0.717, 1.165) is 45.1 Å². The maximum Gasteiger partial charge on any atom is 0.313 e. The van der Waals surface area contributed by atoms with E-state index in [1.54, 1.807) is 24.8 Å². The van der Waals surface area contributed by atoms with Gasteiger partial charge in [0.25, 0.3) is 4.11 Å². The van der Waals surface area contributed by atoms with Gasteiger partial charge < -0.3 is 10.5 Å². The van der Waals surface area contributed by atoms with Crippen molar-refractivity contribution in [2.45, 2.75) is 31.3 Å². The number of nitrogens with two attached hydrogens (primary N) is 1. The Balaban J connectivity index is 1.84. The van der Waals surface area contributed by atoms with Crippen molar-refractivity contribution in [3.05, 3.63) is 54.1 Å². The van der Waals surface area contributed by atoms with Crippen LogP contribution in [0.5, 0.6) is 5.75 Å². The van der Waals surface area contributed by atoms with Crippen LogP contribution in [-0.2, 0) is 0 Å². The summed E-state index contributed by atoms with van der Waals surface area (Å²) in [7, 11) is 0. The van der Waals surface area contributed by atoms with Gasteiger partial charge in [0.1, 0.15) is 16.4 Å². The Morgan fingerprint density at radius 2 is 1.75 bits per heavy atom. The average Bonchev–Trinajstić information content (AvgIpc) is 3.24. The molecule has 2 N–H and O–H groups in total. The second kappa shape index (κ2) is 9.86. The molecule has 0 aliphatic heterocycles. The van der Waals surface area contributed by atoms with Crippen molar-refractivity contribution in [1.82, 2.24) is 24.9 Å². The number of hydrogen-bond donors (Lipinski definition) is 1. The van der Waals surface area contributed by atoms with Crippen LogP contribution in [0.15, 0.2) is 43.0 Å². The third-order valence-electron chi connectivity index (χ3n) is 4.89. The van der Waals surface area contributed by atoms with Gasteiger partial charge in [-0.1, -0.05) is 18.3 Å². The summed E-state index contributed by atoms with van der Waals surface area (Å²) in [6.45, 7) is 6.35. The second-order valence-electron chi connectivity index (χ2n) is 7.20. The number of rotatable bonds is 7. The molecule has 0 spiro atoms. The van der Waals surface area contributed by atoms with E-state index in [2.05, 4.69) is 52.8 Å². The van der Waals surface area contributed by atoms with Crippen molar-refractivity contribution < 1.29 is 25.9 Å². The first-order valence-electron chi connectivity index (χ1n) is 10.1. The van der Waals surface area contributed by atoms with Gasteiger partial charge in [0, 0.05) is 30.6 Å². The Morgan fingerprint density at radius 3 is 2.34 bits per heavy atom. The summed E-state index contributed by atoms with van der Waals surface area (Å²) < 4.78 is 6.55. The van der Waals surface area contributed by atoms with E-state index in [-0.39, 0.29) is 21.2 Å². The van der Waals surface area contributed by atoms with Gasteiger partial charge in [0.05, 0.1) is 22.5 Å². The van der Waals surface area contributed by atoms with E-state index >= 15 is 0 Å². The van der Waals surface area contributed by atoms with Gasteiger partial charge in [-0.3, -0.25) is 4.98 Å². The van der Waals surface area contributed by atoms with Crippen LogP contribution in [0.3, 0.4) is 0 Å². The van der Waals surface area contributed by atoms with Crippen molar-refractivity contribution in [3.63, 3.8) is 0 Å². The van der Waals surface area contributed by atoms with E-state index in [0.29, 0.717) is 20.8 Å². The zero-order chi connectivity index (χ0) is 22.7. The molecule has 1 aromatic carbocycles. The molecule has 4 rings (SSSR count). The molecule has 0 amide bonds. The Labute approximate surface area is 201 Å².